The number of nitrogens with zero attached hydrogens (tertiary/aromatic N) is 1. The number of nitrogens with one attached hydrogen (secondary N) is 3. The van der Waals surface area contributed by atoms with E-state index in [0.717, 1.165) is 6.42 Å². The van der Waals surface area contributed by atoms with E-state index in [1.165, 1.54) is 0 Å². The molecule has 6 heteroatoms. The molecule has 0 aliphatic carbocycles. The average Bonchev–Trinajstić information content (AvgIpc) is 2.30. The van der Waals surface area contributed by atoms with Crippen LogP contribution in [0.2, 0.25) is 0 Å². The van der Waals surface area contributed by atoms with Gasteiger partial charge in [0.15, 0.2) is 0 Å². The second kappa shape index (κ2) is 8.81. The number of rotatable bonds is 6. The van der Waals surface area contributed by atoms with Gasteiger partial charge in [0.2, 0.25) is 11.9 Å². The minimum atomic E-state index is -0.358. The largest absolute Gasteiger partial charge is 0.354 e. The van der Waals surface area contributed by atoms with Crippen LogP contribution in [0.25, 0.3) is 0 Å². The molecule has 17 heavy (non-hydrogen) atoms. The number of nitrogens with two attached hydrogens (primary N) is 1. The standard InChI is InChI=1S/C11H25N5O/c1-5-6-13-10(17)9(4)15-11(16-12)14-7-8(2)3/h8-9H,5-7,12H2,1-4H3,(H,13,17)(H2,14,15,16). The van der Waals surface area contributed by atoms with Crippen LogP contribution in [0.1, 0.15) is 34.1 Å². The first-order valence-electron chi connectivity index (χ1n) is 6.06. The molecule has 0 rings (SSSR count). The second-order valence-electron chi connectivity index (χ2n) is 4.38. The number of aliphatic imine (C=N–C) groups is 1. The van der Waals surface area contributed by atoms with Crippen molar-refractivity contribution in [3.05, 3.63) is 0 Å². The molecule has 0 spiro atoms. The Bertz CT molecular complexity index is 252. The van der Waals surface area contributed by atoms with Gasteiger partial charge in [-0.1, -0.05) is 20.8 Å². The maximum absolute atomic E-state index is 11.6. The highest BCUT2D eigenvalue weighted by Gasteiger charge is 2.12. The lowest BCUT2D eigenvalue weighted by Crippen LogP contribution is -2.51. The Morgan fingerprint density at radius 1 is 1.35 bits per heavy atom. The third-order valence-electron chi connectivity index (χ3n) is 2.05. The first kappa shape index (κ1) is 15.7. The van der Waals surface area contributed by atoms with Gasteiger partial charge in [-0.2, -0.15) is 0 Å². The van der Waals surface area contributed by atoms with Gasteiger partial charge in [0, 0.05) is 13.1 Å². The fraction of sp³-hybridized carbons (Fsp3) is 0.818. The monoisotopic (exact) mass is 243 g/mol. The molecule has 0 aromatic rings. The SMILES string of the molecule is CCCNC(=O)C(C)NC(=NCC(C)C)NN. The summed E-state index contributed by atoms with van der Waals surface area (Å²) in [4.78, 5) is 15.8. The molecule has 0 bridgehead atoms. The van der Waals surface area contributed by atoms with Crippen molar-refractivity contribution in [2.45, 2.75) is 40.2 Å². The van der Waals surface area contributed by atoms with Gasteiger partial charge in [0.05, 0.1) is 0 Å². The minimum absolute atomic E-state index is 0.0562. The van der Waals surface area contributed by atoms with E-state index in [1.54, 1.807) is 6.92 Å². The first-order valence-corrected chi connectivity index (χ1v) is 6.06. The lowest BCUT2D eigenvalue weighted by molar-refractivity contribution is -0.122. The molecule has 0 aliphatic heterocycles. The summed E-state index contributed by atoms with van der Waals surface area (Å²) < 4.78 is 0. The van der Waals surface area contributed by atoms with Gasteiger partial charge in [-0.15, -0.1) is 0 Å². The highest BCUT2D eigenvalue weighted by molar-refractivity contribution is 5.88. The Kier molecular flexibility index (Phi) is 8.13. The van der Waals surface area contributed by atoms with Crippen LogP contribution in [0, 0.1) is 5.92 Å². The highest BCUT2D eigenvalue weighted by atomic mass is 16.2. The fourth-order valence-electron chi connectivity index (χ4n) is 1.08. The van der Waals surface area contributed by atoms with Gasteiger partial charge in [0.1, 0.15) is 6.04 Å². The number of amides is 1. The zero-order valence-electron chi connectivity index (χ0n) is 11.2. The smallest absolute Gasteiger partial charge is 0.242 e. The Morgan fingerprint density at radius 2 is 2.00 bits per heavy atom. The Morgan fingerprint density at radius 3 is 2.47 bits per heavy atom. The lowest BCUT2D eigenvalue weighted by Gasteiger charge is -2.16. The molecule has 100 valence electrons. The van der Waals surface area contributed by atoms with E-state index in [0.29, 0.717) is 25.0 Å². The number of carbonyl (C=O) groups excluding carboxylic acids is 1. The normalized spacial score (nSPS) is 13.4. The maximum Gasteiger partial charge on any atom is 0.242 e. The summed E-state index contributed by atoms with van der Waals surface area (Å²) >= 11 is 0. The van der Waals surface area contributed by atoms with Gasteiger partial charge in [-0.05, 0) is 19.3 Å². The number of hydrogen-bond donors (Lipinski definition) is 4. The molecular formula is C11H25N5O. The van der Waals surface area contributed by atoms with Crippen molar-refractivity contribution in [2.75, 3.05) is 13.1 Å². The van der Waals surface area contributed by atoms with E-state index in [-0.39, 0.29) is 11.9 Å². The number of hydrazine groups is 1. The van der Waals surface area contributed by atoms with Crippen LogP contribution in [-0.2, 0) is 4.79 Å². The second-order valence-corrected chi connectivity index (χ2v) is 4.38. The molecule has 5 N–H and O–H groups in total. The number of carbonyl (C=O) groups is 1. The van der Waals surface area contributed by atoms with Crippen molar-refractivity contribution in [1.29, 1.82) is 0 Å². The van der Waals surface area contributed by atoms with Gasteiger partial charge in [-0.25, -0.2) is 5.84 Å². The van der Waals surface area contributed by atoms with Crippen LogP contribution in [0.3, 0.4) is 0 Å². The van der Waals surface area contributed by atoms with Crippen LogP contribution in [0.4, 0.5) is 0 Å². The fourth-order valence-corrected chi connectivity index (χ4v) is 1.08. The zero-order chi connectivity index (χ0) is 13.3. The summed E-state index contributed by atoms with van der Waals surface area (Å²) in [5, 5.41) is 5.73. The van der Waals surface area contributed by atoms with E-state index in [1.807, 2.05) is 6.92 Å². The number of guanidine groups is 1. The molecule has 0 aromatic heterocycles. The minimum Gasteiger partial charge on any atom is -0.354 e. The molecule has 1 atom stereocenters. The third-order valence-corrected chi connectivity index (χ3v) is 2.05. The van der Waals surface area contributed by atoms with Gasteiger partial charge in [-0.3, -0.25) is 15.2 Å². The molecule has 6 nitrogen and oxygen atoms in total. The Labute approximate surface area is 103 Å². The molecule has 1 unspecified atom stereocenters. The van der Waals surface area contributed by atoms with E-state index in [2.05, 4.69) is 34.9 Å². The molecule has 0 saturated heterocycles. The van der Waals surface area contributed by atoms with Crippen LogP contribution in [0.15, 0.2) is 4.99 Å². The van der Waals surface area contributed by atoms with Crippen molar-refractivity contribution in [3.63, 3.8) is 0 Å². The van der Waals surface area contributed by atoms with Crippen LogP contribution < -0.4 is 21.9 Å². The summed E-state index contributed by atoms with van der Waals surface area (Å²) in [6, 6.07) is -0.358. The maximum atomic E-state index is 11.6. The quantitative estimate of drug-likeness (QED) is 0.228. The summed E-state index contributed by atoms with van der Waals surface area (Å²) in [5.74, 6) is 6.17. The number of hydrogen-bond acceptors (Lipinski definition) is 3. The van der Waals surface area contributed by atoms with E-state index >= 15 is 0 Å². The van der Waals surface area contributed by atoms with E-state index in [4.69, 9.17) is 5.84 Å². The predicted molar refractivity (Wildman–Crippen MR) is 70.4 cm³/mol. The van der Waals surface area contributed by atoms with E-state index < -0.39 is 0 Å². The molecule has 0 aliphatic rings. The topological polar surface area (TPSA) is 91.5 Å². The average molecular weight is 243 g/mol. The van der Waals surface area contributed by atoms with Crippen molar-refractivity contribution in [3.8, 4) is 0 Å². The summed E-state index contributed by atoms with van der Waals surface area (Å²) in [7, 11) is 0. The Hall–Kier alpha value is -1.30. The summed E-state index contributed by atoms with van der Waals surface area (Å²) in [5.41, 5.74) is 2.46. The molecule has 0 fully saturated rings. The van der Waals surface area contributed by atoms with Gasteiger partial charge >= 0.3 is 0 Å². The lowest BCUT2D eigenvalue weighted by atomic mass is 10.2. The van der Waals surface area contributed by atoms with Crippen LogP contribution in [-0.4, -0.2) is 31.0 Å². The summed E-state index contributed by atoms with van der Waals surface area (Å²) in [6.07, 6.45) is 0.919. The Balaban J connectivity index is 4.17. The first-order chi connectivity index (χ1) is 8.01. The van der Waals surface area contributed by atoms with E-state index in [9.17, 15) is 4.79 Å². The van der Waals surface area contributed by atoms with Crippen molar-refractivity contribution >= 4 is 11.9 Å². The zero-order valence-corrected chi connectivity index (χ0v) is 11.2. The van der Waals surface area contributed by atoms with Gasteiger partial charge < -0.3 is 10.6 Å². The van der Waals surface area contributed by atoms with Crippen LogP contribution in [0.5, 0.6) is 0 Å². The molecule has 0 radical (unpaired) electrons. The molecular weight excluding hydrogens is 218 g/mol. The molecule has 0 aromatic carbocycles. The third kappa shape index (κ3) is 7.57. The molecule has 1 amide bonds. The molecule has 0 heterocycles. The highest BCUT2D eigenvalue weighted by Crippen LogP contribution is 1.91. The summed E-state index contributed by atoms with van der Waals surface area (Å²) in [6.45, 7) is 9.25. The van der Waals surface area contributed by atoms with Crippen molar-refractivity contribution in [2.24, 2.45) is 16.8 Å². The molecule has 0 saturated carbocycles. The van der Waals surface area contributed by atoms with Crippen molar-refractivity contribution < 1.29 is 4.79 Å². The van der Waals surface area contributed by atoms with Crippen LogP contribution >= 0.6 is 0 Å². The predicted octanol–water partition coefficient (Wildman–Crippen LogP) is -0.0340. The van der Waals surface area contributed by atoms with Crippen molar-refractivity contribution in [1.82, 2.24) is 16.1 Å². The van der Waals surface area contributed by atoms with Gasteiger partial charge in [0.25, 0.3) is 0 Å².